The Labute approximate surface area is 177 Å². The molecule has 1 aromatic heterocycles. The lowest BCUT2D eigenvalue weighted by Gasteiger charge is -2.18. The maximum atomic E-state index is 12.7. The first-order valence-corrected chi connectivity index (χ1v) is 10.6. The lowest BCUT2D eigenvalue weighted by atomic mass is 10.2. The molecule has 12 heteroatoms. The van der Waals surface area contributed by atoms with Crippen LogP contribution in [0.5, 0.6) is 5.75 Å². The van der Waals surface area contributed by atoms with E-state index in [0.29, 0.717) is 0 Å². The summed E-state index contributed by atoms with van der Waals surface area (Å²) >= 11 is 0. The number of pyridine rings is 1. The van der Waals surface area contributed by atoms with Gasteiger partial charge in [-0.2, -0.15) is 14.0 Å². The predicted octanol–water partition coefficient (Wildman–Crippen LogP) is 1.04. The first-order valence-electron chi connectivity index (χ1n) is 8.81. The van der Waals surface area contributed by atoms with Gasteiger partial charge in [0.15, 0.2) is 9.84 Å². The fourth-order valence-corrected chi connectivity index (χ4v) is 4.12. The first-order chi connectivity index (χ1) is 14.7. The van der Waals surface area contributed by atoms with E-state index in [1.807, 2.05) is 0 Å². The molecule has 31 heavy (non-hydrogen) atoms. The number of amides is 2. The number of alkyl halides is 2. The number of carbonyl (C=O) groups excluding carboxylic acids is 2. The Morgan fingerprint density at radius 3 is 2.52 bits per heavy atom. The van der Waals surface area contributed by atoms with Crippen molar-refractivity contribution in [3.63, 3.8) is 0 Å². The number of para-hydroxylation sites is 1. The van der Waals surface area contributed by atoms with Crippen LogP contribution in [0.4, 0.5) is 8.78 Å². The van der Waals surface area contributed by atoms with Gasteiger partial charge in [0.25, 0.3) is 5.91 Å². The standard InChI is InChI=1S/C19H18F2N4O5S/c20-19(21)30-16-7-2-1-5-13(16)11-31(28,29)12-15(17(26)24-10-8-22)25-18(27)14-6-3-4-9-23-14/h1-7,9,15,19H,10-12H2,(H,24,26)(H,25,27)/t15-/m0/s1. The maximum Gasteiger partial charge on any atom is 0.387 e. The number of nitrogens with zero attached hydrogens (tertiary/aromatic N) is 2. The number of halogens is 2. The van der Waals surface area contributed by atoms with Crippen molar-refractivity contribution in [3.8, 4) is 11.8 Å². The van der Waals surface area contributed by atoms with Crippen molar-refractivity contribution < 1.29 is 31.5 Å². The van der Waals surface area contributed by atoms with Crippen LogP contribution in [0.15, 0.2) is 48.7 Å². The van der Waals surface area contributed by atoms with Crippen molar-refractivity contribution in [3.05, 3.63) is 59.9 Å². The number of nitrogens with one attached hydrogen (secondary N) is 2. The zero-order valence-corrected chi connectivity index (χ0v) is 16.8. The van der Waals surface area contributed by atoms with Crippen molar-refractivity contribution in [1.29, 1.82) is 5.26 Å². The molecule has 1 aromatic carbocycles. The zero-order valence-electron chi connectivity index (χ0n) is 16.0. The molecule has 0 aliphatic heterocycles. The fourth-order valence-electron chi connectivity index (χ4n) is 2.55. The number of aromatic nitrogens is 1. The highest BCUT2D eigenvalue weighted by molar-refractivity contribution is 7.90. The highest BCUT2D eigenvalue weighted by Crippen LogP contribution is 2.23. The van der Waals surface area contributed by atoms with Gasteiger partial charge in [-0.05, 0) is 18.2 Å². The number of hydrogen-bond donors (Lipinski definition) is 2. The second-order valence-electron chi connectivity index (χ2n) is 6.16. The molecule has 2 N–H and O–H groups in total. The third-order valence-corrected chi connectivity index (χ3v) is 5.44. The summed E-state index contributed by atoms with van der Waals surface area (Å²) in [7, 11) is -4.09. The van der Waals surface area contributed by atoms with Crippen LogP contribution >= 0.6 is 0 Å². The molecule has 1 atom stereocenters. The summed E-state index contributed by atoms with van der Waals surface area (Å²) in [5.41, 5.74) is -0.0799. The van der Waals surface area contributed by atoms with Crippen molar-refractivity contribution in [2.45, 2.75) is 18.4 Å². The lowest BCUT2D eigenvalue weighted by molar-refractivity contribution is -0.122. The monoisotopic (exact) mass is 452 g/mol. The molecule has 0 saturated carbocycles. The van der Waals surface area contributed by atoms with Crippen molar-refractivity contribution >= 4 is 21.7 Å². The molecule has 9 nitrogen and oxygen atoms in total. The Morgan fingerprint density at radius 1 is 1.16 bits per heavy atom. The third kappa shape index (κ3) is 7.63. The van der Waals surface area contributed by atoms with Gasteiger partial charge in [-0.15, -0.1) is 0 Å². The molecule has 1 heterocycles. The number of benzene rings is 1. The van der Waals surface area contributed by atoms with Gasteiger partial charge < -0.3 is 15.4 Å². The Kier molecular flexibility index (Phi) is 8.39. The van der Waals surface area contributed by atoms with Crippen LogP contribution in [0.25, 0.3) is 0 Å². The van der Waals surface area contributed by atoms with Crippen LogP contribution in [-0.4, -0.2) is 50.2 Å². The molecule has 2 aromatic rings. The SMILES string of the molecule is N#CCNC(=O)[C@H](CS(=O)(=O)Cc1ccccc1OC(F)F)NC(=O)c1ccccn1. The fraction of sp³-hybridized carbons (Fsp3) is 0.263. The Bertz CT molecular complexity index is 1060. The molecule has 0 spiro atoms. The van der Waals surface area contributed by atoms with E-state index in [-0.39, 0.29) is 17.0 Å². The van der Waals surface area contributed by atoms with E-state index >= 15 is 0 Å². The highest BCUT2D eigenvalue weighted by atomic mass is 32.2. The van der Waals surface area contributed by atoms with Gasteiger partial charge in [0.05, 0.1) is 17.6 Å². The molecule has 0 radical (unpaired) electrons. The maximum absolute atomic E-state index is 12.7. The molecule has 0 bridgehead atoms. The third-order valence-electron chi connectivity index (χ3n) is 3.85. The second-order valence-corrected chi connectivity index (χ2v) is 8.27. The minimum atomic E-state index is -4.09. The smallest absolute Gasteiger partial charge is 0.387 e. The van der Waals surface area contributed by atoms with E-state index in [2.05, 4.69) is 20.4 Å². The number of hydrogen-bond acceptors (Lipinski definition) is 7. The summed E-state index contributed by atoms with van der Waals surface area (Å²) in [5, 5.41) is 13.1. The number of carbonyl (C=O) groups is 2. The van der Waals surface area contributed by atoms with Crippen LogP contribution < -0.4 is 15.4 Å². The van der Waals surface area contributed by atoms with E-state index in [1.54, 1.807) is 12.1 Å². The van der Waals surface area contributed by atoms with Gasteiger partial charge in [-0.3, -0.25) is 14.6 Å². The predicted molar refractivity (Wildman–Crippen MR) is 105 cm³/mol. The second kappa shape index (κ2) is 11.0. The average molecular weight is 452 g/mol. The van der Waals surface area contributed by atoms with Gasteiger partial charge in [0.2, 0.25) is 5.91 Å². The van der Waals surface area contributed by atoms with E-state index in [4.69, 9.17) is 5.26 Å². The quantitative estimate of drug-likeness (QED) is 0.514. The number of nitriles is 1. The van der Waals surface area contributed by atoms with Gasteiger partial charge in [-0.25, -0.2) is 8.42 Å². The Hall–Kier alpha value is -3.59. The lowest BCUT2D eigenvalue weighted by Crippen LogP contribution is -2.50. The molecular formula is C19H18F2N4O5S. The molecule has 0 aliphatic rings. The topological polar surface area (TPSA) is 138 Å². The number of sulfone groups is 1. The zero-order chi connectivity index (χ0) is 22.9. The Morgan fingerprint density at radius 2 is 1.87 bits per heavy atom. The molecule has 2 amide bonds. The van der Waals surface area contributed by atoms with Crippen molar-refractivity contribution in [1.82, 2.24) is 15.6 Å². The minimum Gasteiger partial charge on any atom is -0.435 e. The van der Waals surface area contributed by atoms with Crippen LogP contribution in [0.2, 0.25) is 0 Å². The van der Waals surface area contributed by atoms with Crippen LogP contribution in [0.3, 0.4) is 0 Å². The molecule has 164 valence electrons. The van der Waals surface area contributed by atoms with E-state index in [0.717, 1.165) is 0 Å². The number of ether oxygens (including phenoxy) is 1. The molecule has 0 unspecified atom stereocenters. The molecule has 0 fully saturated rings. The summed E-state index contributed by atoms with van der Waals surface area (Å²) in [5.74, 6) is -3.56. The normalized spacial score (nSPS) is 11.9. The van der Waals surface area contributed by atoms with Gasteiger partial charge >= 0.3 is 6.61 Å². The summed E-state index contributed by atoms with van der Waals surface area (Å²) in [6.07, 6.45) is 1.34. The summed E-state index contributed by atoms with van der Waals surface area (Å²) in [6.45, 7) is -3.55. The molecule has 0 aliphatic carbocycles. The van der Waals surface area contributed by atoms with E-state index in [9.17, 15) is 26.8 Å². The largest absolute Gasteiger partial charge is 0.435 e. The van der Waals surface area contributed by atoms with Gasteiger partial charge in [0, 0.05) is 11.8 Å². The highest BCUT2D eigenvalue weighted by Gasteiger charge is 2.29. The van der Waals surface area contributed by atoms with Crippen molar-refractivity contribution in [2.24, 2.45) is 0 Å². The summed E-state index contributed by atoms with van der Waals surface area (Å²) < 4.78 is 54.8. The molecular weight excluding hydrogens is 434 g/mol. The molecule has 0 saturated heterocycles. The van der Waals surface area contributed by atoms with Gasteiger partial charge in [0.1, 0.15) is 24.0 Å². The first kappa shape index (κ1) is 23.7. The summed E-state index contributed by atoms with van der Waals surface area (Å²) in [4.78, 5) is 28.5. The van der Waals surface area contributed by atoms with E-state index < -0.39 is 52.4 Å². The summed E-state index contributed by atoms with van der Waals surface area (Å²) in [6, 6.07) is 9.93. The van der Waals surface area contributed by atoms with E-state index in [1.165, 1.54) is 42.6 Å². The number of rotatable bonds is 10. The Balaban J connectivity index is 2.21. The van der Waals surface area contributed by atoms with Crippen LogP contribution in [0.1, 0.15) is 16.1 Å². The molecule has 2 rings (SSSR count). The van der Waals surface area contributed by atoms with Crippen molar-refractivity contribution in [2.75, 3.05) is 12.3 Å². The average Bonchev–Trinajstić information content (AvgIpc) is 2.72. The van der Waals surface area contributed by atoms with Gasteiger partial charge in [-0.1, -0.05) is 24.3 Å². The van der Waals surface area contributed by atoms with Crippen LogP contribution in [0, 0.1) is 11.3 Å². The minimum absolute atomic E-state index is 0.0324. The van der Waals surface area contributed by atoms with Crippen LogP contribution in [-0.2, 0) is 20.4 Å².